The van der Waals surface area contributed by atoms with E-state index in [2.05, 4.69) is 27.5 Å². The topological polar surface area (TPSA) is 66.9 Å². The molecule has 0 fully saturated rings. The monoisotopic (exact) mass is 312 g/mol. The van der Waals surface area contributed by atoms with Crippen LogP contribution in [-0.4, -0.2) is 22.5 Å². The number of unbranched alkanes of at least 4 members (excludes halogenated alkanes) is 3. The van der Waals surface area contributed by atoms with Gasteiger partial charge in [-0.25, -0.2) is 9.78 Å². The average Bonchev–Trinajstić information content (AvgIpc) is 2.56. The fourth-order valence-corrected chi connectivity index (χ4v) is 2.19. The molecule has 0 aromatic carbocycles. The summed E-state index contributed by atoms with van der Waals surface area (Å²) in [5, 5.41) is 5.59. The smallest absolute Gasteiger partial charge is 0.320 e. The van der Waals surface area contributed by atoms with Crippen LogP contribution >= 0.6 is 0 Å². The Balaban J connectivity index is 1.82. The number of rotatable bonds is 7. The molecule has 2 amide bonds. The number of anilines is 1. The van der Waals surface area contributed by atoms with Gasteiger partial charge < -0.3 is 5.32 Å². The van der Waals surface area contributed by atoms with E-state index in [4.69, 9.17) is 0 Å². The summed E-state index contributed by atoms with van der Waals surface area (Å²) in [6.07, 6.45) is 8.12. The minimum absolute atomic E-state index is 0.209. The van der Waals surface area contributed by atoms with Crippen molar-refractivity contribution in [2.75, 3.05) is 11.9 Å². The van der Waals surface area contributed by atoms with Gasteiger partial charge in [-0.05, 0) is 31.5 Å². The Bertz CT molecular complexity index is 608. The lowest BCUT2D eigenvalue weighted by Crippen LogP contribution is -2.29. The molecule has 2 heterocycles. The summed E-state index contributed by atoms with van der Waals surface area (Å²) < 4.78 is 0. The first kappa shape index (κ1) is 16.9. The first-order valence-electron chi connectivity index (χ1n) is 8.13. The standard InChI is InChI=1S/C18H24N4O/c1-3-4-5-6-11-19-18(23)22-17-10-9-16(13-21-17)15-8-7-14(2)20-12-15/h7-10,12-13H,3-6,11H2,1-2H3,(H2,19,21,22,23). The van der Waals surface area contributed by atoms with Crippen LogP contribution in [0.1, 0.15) is 38.3 Å². The molecule has 2 aromatic rings. The van der Waals surface area contributed by atoms with Gasteiger partial charge in [-0.2, -0.15) is 0 Å². The minimum Gasteiger partial charge on any atom is -0.338 e. The molecular weight excluding hydrogens is 288 g/mol. The number of aromatic nitrogens is 2. The van der Waals surface area contributed by atoms with Crippen LogP contribution in [0.3, 0.4) is 0 Å². The van der Waals surface area contributed by atoms with Crippen molar-refractivity contribution in [2.45, 2.75) is 39.5 Å². The van der Waals surface area contributed by atoms with E-state index < -0.39 is 0 Å². The molecule has 0 atom stereocenters. The Morgan fingerprint density at radius 1 is 1.00 bits per heavy atom. The molecule has 0 aliphatic carbocycles. The van der Waals surface area contributed by atoms with Crippen LogP contribution in [0.2, 0.25) is 0 Å². The summed E-state index contributed by atoms with van der Waals surface area (Å²) >= 11 is 0. The predicted octanol–water partition coefficient (Wildman–Crippen LogP) is 4.15. The summed E-state index contributed by atoms with van der Waals surface area (Å²) in [4.78, 5) is 20.3. The number of amides is 2. The van der Waals surface area contributed by atoms with E-state index >= 15 is 0 Å². The Morgan fingerprint density at radius 3 is 2.35 bits per heavy atom. The van der Waals surface area contributed by atoms with Gasteiger partial charge in [-0.3, -0.25) is 10.3 Å². The van der Waals surface area contributed by atoms with Gasteiger partial charge in [0.15, 0.2) is 0 Å². The Hall–Kier alpha value is -2.43. The van der Waals surface area contributed by atoms with Gasteiger partial charge in [0.1, 0.15) is 5.82 Å². The number of carbonyl (C=O) groups is 1. The molecule has 0 bridgehead atoms. The van der Waals surface area contributed by atoms with E-state index in [0.29, 0.717) is 12.4 Å². The number of nitrogens with zero attached hydrogens (tertiary/aromatic N) is 2. The molecule has 2 aromatic heterocycles. The van der Waals surface area contributed by atoms with Crippen LogP contribution < -0.4 is 10.6 Å². The molecule has 23 heavy (non-hydrogen) atoms. The van der Waals surface area contributed by atoms with Crippen molar-refractivity contribution in [1.29, 1.82) is 0 Å². The fraction of sp³-hybridized carbons (Fsp3) is 0.389. The van der Waals surface area contributed by atoms with E-state index in [0.717, 1.165) is 29.7 Å². The number of urea groups is 1. The van der Waals surface area contributed by atoms with Crippen LogP contribution in [0.4, 0.5) is 10.6 Å². The molecule has 0 aliphatic rings. The summed E-state index contributed by atoms with van der Waals surface area (Å²) in [7, 11) is 0. The molecule has 5 heteroatoms. The second-order valence-electron chi connectivity index (χ2n) is 5.56. The van der Waals surface area contributed by atoms with Crippen LogP contribution in [0.5, 0.6) is 0 Å². The normalized spacial score (nSPS) is 10.3. The fourth-order valence-electron chi connectivity index (χ4n) is 2.19. The number of carbonyl (C=O) groups excluding carboxylic acids is 1. The first-order valence-corrected chi connectivity index (χ1v) is 8.13. The van der Waals surface area contributed by atoms with Crippen LogP contribution in [0.15, 0.2) is 36.7 Å². The van der Waals surface area contributed by atoms with E-state index in [9.17, 15) is 4.79 Å². The third-order valence-corrected chi connectivity index (χ3v) is 3.57. The van der Waals surface area contributed by atoms with Crippen LogP contribution in [0, 0.1) is 6.92 Å². The highest BCUT2D eigenvalue weighted by Gasteiger charge is 2.03. The Kier molecular flexibility index (Phi) is 6.54. The highest BCUT2D eigenvalue weighted by atomic mass is 16.2. The van der Waals surface area contributed by atoms with Crippen LogP contribution in [0.25, 0.3) is 11.1 Å². The number of pyridine rings is 2. The van der Waals surface area contributed by atoms with Gasteiger partial charge in [-0.1, -0.05) is 32.3 Å². The van der Waals surface area contributed by atoms with Crippen molar-refractivity contribution < 1.29 is 4.79 Å². The maximum atomic E-state index is 11.8. The lowest BCUT2D eigenvalue weighted by Gasteiger charge is -2.07. The molecule has 0 unspecified atom stereocenters. The minimum atomic E-state index is -0.209. The van der Waals surface area contributed by atoms with Gasteiger partial charge in [0.05, 0.1) is 0 Å². The summed E-state index contributed by atoms with van der Waals surface area (Å²) in [5.41, 5.74) is 2.97. The van der Waals surface area contributed by atoms with Crippen molar-refractivity contribution in [3.63, 3.8) is 0 Å². The highest BCUT2D eigenvalue weighted by molar-refractivity contribution is 5.88. The lowest BCUT2D eigenvalue weighted by atomic mass is 10.1. The second kappa shape index (κ2) is 8.88. The summed E-state index contributed by atoms with van der Waals surface area (Å²) in [5.74, 6) is 0.542. The van der Waals surface area contributed by atoms with Crippen molar-refractivity contribution in [3.8, 4) is 11.1 Å². The van der Waals surface area contributed by atoms with E-state index in [-0.39, 0.29) is 6.03 Å². The zero-order valence-corrected chi connectivity index (χ0v) is 13.8. The molecule has 5 nitrogen and oxygen atoms in total. The summed E-state index contributed by atoms with van der Waals surface area (Å²) in [6.45, 7) is 4.82. The predicted molar refractivity (Wildman–Crippen MR) is 93.4 cm³/mol. The van der Waals surface area contributed by atoms with Gasteiger partial charge in [0, 0.05) is 35.8 Å². The quantitative estimate of drug-likeness (QED) is 0.755. The zero-order valence-electron chi connectivity index (χ0n) is 13.8. The van der Waals surface area contributed by atoms with Gasteiger partial charge in [0.25, 0.3) is 0 Å². The number of hydrogen-bond donors (Lipinski definition) is 2. The lowest BCUT2D eigenvalue weighted by molar-refractivity contribution is 0.252. The zero-order chi connectivity index (χ0) is 16.5. The second-order valence-corrected chi connectivity index (χ2v) is 5.56. The molecule has 0 aliphatic heterocycles. The van der Waals surface area contributed by atoms with Crippen molar-refractivity contribution in [1.82, 2.24) is 15.3 Å². The number of hydrogen-bond acceptors (Lipinski definition) is 3. The first-order chi connectivity index (χ1) is 11.2. The molecule has 122 valence electrons. The third kappa shape index (κ3) is 5.70. The van der Waals surface area contributed by atoms with Gasteiger partial charge in [0.2, 0.25) is 0 Å². The van der Waals surface area contributed by atoms with E-state index in [1.165, 1.54) is 12.8 Å². The van der Waals surface area contributed by atoms with Gasteiger partial charge >= 0.3 is 6.03 Å². The van der Waals surface area contributed by atoms with Gasteiger partial charge in [-0.15, -0.1) is 0 Å². The molecular formula is C18H24N4O. The van der Waals surface area contributed by atoms with Crippen molar-refractivity contribution in [3.05, 3.63) is 42.4 Å². The maximum Gasteiger partial charge on any atom is 0.320 e. The molecule has 2 rings (SSSR count). The molecule has 0 radical (unpaired) electrons. The molecule has 0 saturated heterocycles. The van der Waals surface area contributed by atoms with Crippen LogP contribution in [-0.2, 0) is 0 Å². The average molecular weight is 312 g/mol. The maximum absolute atomic E-state index is 11.8. The number of nitrogens with one attached hydrogen (secondary N) is 2. The largest absolute Gasteiger partial charge is 0.338 e. The Labute approximate surface area is 137 Å². The molecule has 0 saturated carbocycles. The number of aryl methyl sites for hydroxylation is 1. The SMILES string of the molecule is CCCCCCNC(=O)Nc1ccc(-c2ccc(C)nc2)cn1. The molecule has 0 spiro atoms. The summed E-state index contributed by atoms with van der Waals surface area (Å²) in [6, 6.07) is 7.49. The van der Waals surface area contributed by atoms with Crippen molar-refractivity contribution in [2.24, 2.45) is 0 Å². The third-order valence-electron chi connectivity index (χ3n) is 3.57. The van der Waals surface area contributed by atoms with E-state index in [1.54, 1.807) is 12.3 Å². The van der Waals surface area contributed by atoms with Crippen molar-refractivity contribution >= 4 is 11.8 Å². The Morgan fingerprint density at radius 2 is 1.74 bits per heavy atom. The molecule has 2 N–H and O–H groups in total. The van der Waals surface area contributed by atoms with E-state index in [1.807, 2.05) is 31.3 Å². The highest BCUT2D eigenvalue weighted by Crippen LogP contribution is 2.18.